The fourth-order valence-electron chi connectivity index (χ4n) is 2.18. The molecule has 7 heteroatoms. The van der Waals surface area contributed by atoms with Crippen molar-refractivity contribution in [2.75, 3.05) is 13.2 Å². The zero-order valence-electron chi connectivity index (χ0n) is 14.0. The van der Waals surface area contributed by atoms with Crippen molar-refractivity contribution < 1.29 is 23.5 Å². The number of rotatable bonds is 4. The lowest BCUT2D eigenvalue weighted by atomic mass is 9.96. The SMILES string of the molecule is CC(C)(C)c1noc(COC(=O)Cc2ccc3c(c2)OCCO3)n1. The molecule has 2 heterocycles. The van der Waals surface area contributed by atoms with Crippen LogP contribution in [0.15, 0.2) is 22.7 Å². The molecule has 128 valence electrons. The van der Waals surface area contributed by atoms with E-state index in [1.807, 2.05) is 26.8 Å². The molecule has 1 aromatic heterocycles. The molecule has 0 saturated heterocycles. The molecular weight excluding hydrogens is 312 g/mol. The van der Waals surface area contributed by atoms with Gasteiger partial charge in [-0.2, -0.15) is 4.98 Å². The summed E-state index contributed by atoms with van der Waals surface area (Å²) in [5, 5.41) is 3.89. The minimum atomic E-state index is -0.373. The molecule has 2 aromatic rings. The van der Waals surface area contributed by atoms with Crippen molar-refractivity contribution in [3.05, 3.63) is 35.5 Å². The van der Waals surface area contributed by atoms with E-state index in [1.54, 1.807) is 12.1 Å². The molecule has 0 fully saturated rings. The van der Waals surface area contributed by atoms with Crippen molar-refractivity contribution in [1.29, 1.82) is 0 Å². The molecule has 1 aliphatic heterocycles. The molecule has 1 aromatic carbocycles. The monoisotopic (exact) mass is 332 g/mol. The van der Waals surface area contributed by atoms with Gasteiger partial charge in [0.05, 0.1) is 6.42 Å². The van der Waals surface area contributed by atoms with Crippen molar-refractivity contribution in [2.24, 2.45) is 0 Å². The van der Waals surface area contributed by atoms with E-state index < -0.39 is 0 Å². The van der Waals surface area contributed by atoms with E-state index in [2.05, 4.69) is 10.1 Å². The molecule has 0 amide bonds. The van der Waals surface area contributed by atoms with Crippen molar-refractivity contribution in [3.63, 3.8) is 0 Å². The number of ether oxygens (including phenoxy) is 3. The van der Waals surface area contributed by atoms with E-state index in [1.165, 1.54) is 0 Å². The molecule has 0 aliphatic carbocycles. The Morgan fingerprint density at radius 3 is 2.67 bits per heavy atom. The third-order valence-electron chi connectivity index (χ3n) is 3.45. The number of esters is 1. The van der Waals surface area contributed by atoms with E-state index in [-0.39, 0.29) is 30.3 Å². The van der Waals surface area contributed by atoms with Crippen LogP contribution in [0.3, 0.4) is 0 Å². The zero-order valence-corrected chi connectivity index (χ0v) is 14.0. The smallest absolute Gasteiger partial charge is 0.310 e. The van der Waals surface area contributed by atoms with Gasteiger partial charge in [0.25, 0.3) is 5.89 Å². The van der Waals surface area contributed by atoms with Crippen LogP contribution in [-0.2, 0) is 28.0 Å². The lowest BCUT2D eigenvalue weighted by Gasteiger charge is -2.18. The highest BCUT2D eigenvalue weighted by atomic mass is 16.6. The summed E-state index contributed by atoms with van der Waals surface area (Å²) in [6, 6.07) is 5.41. The van der Waals surface area contributed by atoms with E-state index in [9.17, 15) is 4.79 Å². The second kappa shape index (κ2) is 6.51. The van der Waals surface area contributed by atoms with Crippen LogP contribution in [0.25, 0.3) is 0 Å². The summed E-state index contributed by atoms with van der Waals surface area (Å²) in [6.45, 7) is 6.95. The molecule has 7 nitrogen and oxygen atoms in total. The Kier molecular flexibility index (Phi) is 4.42. The Hall–Kier alpha value is -2.57. The van der Waals surface area contributed by atoms with Crippen LogP contribution < -0.4 is 9.47 Å². The van der Waals surface area contributed by atoms with Crippen molar-refractivity contribution in [1.82, 2.24) is 10.1 Å². The minimum Gasteiger partial charge on any atom is -0.486 e. The van der Waals surface area contributed by atoms with Gasteiger partial charge in [0.2, 0.25) is 0 Å². The third kappa shape index (κ3) is 3.84. The average Bonchev–Trinajstić information content (AvgIpc) is 3.02. The quantitative estimate of drug-likeness (QED) is 0.795. The van der Waals surface area contributed by atoms with Crippen LogP contribution >= 0.6 is 0 Å². The highest BCUT2D eigenvalue weighted by Gasteiger charge is 2.21. The minimum absolute atomic E-state index is 0.0353. The second-order valence-electron chi connectivity index (χ2n) is 6.58. The van der Waals surface area contributed by atoms with E-state index in [4.69, 9.17) is 18.7 Å². The van der Waals surface area contributed by atoms with Gasteiger partial charge in [-0.05, 0) is 17.7 Å². The molecule has 0 spiro atoms. The van der Waals surface area contributed by atoms with Gasteiger partial charge in [0.15, 0.2) is 23.9 Å². The van der Waals surface area contributed by atoms with E-state index in [0.29, 0.717) is 30.5 Å². The number of fused-ring (bicyclic) bond motifs is 1. The summed E-state index contributed by atoms with van der Waals surface area (Å²) in [5.74, 6) is 1.84. The predicted octanol–water partition coefficient (Wildman–Crippen LogP) is 2.42. The summed E-state index contributed by atoms with van der Waals surface area (Å²) in [7, 11) is 0. The Bertz CT molecular complexity index is 733. The Morgan fingerprint density at radius 2 is 1.96 bits per heavy atom. The molecule has 0 bridgehead atoms. The molecule has 0 N–H and O–H groups in total. The number of carbonyl (C=O) groups excluding carboxylic acids is 1. The highest BCUT2D eigenvalue weighted by Crippen LogP contribution is 2.30. The number of hydrogen-bond acceptors (Lipinski definition) is 7. The maximum Gasteiger partial charge on any atom is 0.310 e. The summed E-state index contributed by atoms with van der Waals surface area (Å²) in [4.78, 5) is 16.2. The van der Waals surface area contributed by atoms with Gasteiger partial charge in [-0.1, -0.05) is 32.0 Å². The number of nitrogens with zero attached hydrogens (tertiary/aromatic N) is 2. The Morgan fingerprint density at radius 1 is 1.21 bits per heavy atom. The standard InChI is InChI=1S/C17H20N2O5/c1-17(2,3)16-18-14(24-19-16)10-23-15(20)9-11-4-5-12-13(8-11)22-7-6-21-12/h4-5,8H,6-7,9-10H2,1-3H3. The summed E-state index contributed by atoms with van der Waals surface area (Å²) >= 11 is 0. The summed E-state index contributed by atoms with van der Waals surface area (Å²) in [5.41, 5.74) is 0.585. The number of hydrogen-bond donors (Lipinski definition) is 0. The topological polar surface area (TPSA) is 83.7 Å². The lowest BCUT2D eigenvalue weighted by molar-refractivity contribution is -0.144. The van der Waals surface area contributed by atoms with Gasteiger partial charge in [0.1, 0.15) is 13.2 Å². The van der Waals surface area contributed by atoms with Gasteiger partial charge in [-0.25, -0.2) is 0 Å². The normalized spacial score (nSPS) is 13.6. The maximum atomic E-state index is 12.0. The maximum absolute atomic E-state index is 12.0. The molecule has 0 saturated carbocycles. The van der Waals surface area contributed by atoms with Crippen LogP contribution in [0.2, 0.25) is 0 Å². The Balaban J connectivity index is 1.55. The third-order valence-corrected chi connectivity index (χ3v) is 3.45. The van der Waals surface area contributed by atoms with Crippen molar-refractivity contribution >= 4 is 5.97 Å². The average molecular weight is 332 g/mol. The lowest BCUT2D eigenvalue weighted by Crippen LogP contribution is -2.16. The summed E-state index contributed by atoms with van der Waals surface area (Å²) < 4.78 is 21.2. The van der Waals surface area contributed by atoms with Crippen LogP contribution in [0, 0.1) is 0 Å². The largest absolute Gasteiger partial charge is 0.486 e. The molecule has 0 radical (unpaired) electrons. The van der Waals surface area contributed by atoms with Gasteiger partial charge < -0.3 is 18.7 Å². The Labute approximate surface area is 139 Å². The van der Waals surface area contributed by atoms with Crippen LogP contribution in [0.4, 0.5) is 0 Å². The van der Waals surface area contributed by atoms with E-state index in [0.717, 1.165) is 5.56 Å². The first kappa shape index (κ1) is 16.3. The van der Waals surface area contributed by atoms with Gasteiger partial charge >= 0.3 is 5.97 Å². The first-order valence-corrected chi connectivity index (χ1v) is 7.79. The molecular formula is C17H20N2O5. The first-order chi connectivity index (χ1) is 11.4. The first-order valence-electron chi connectivity index (χ1n) is 7.79. The van der Waals surface area contributed by atoms with Gasteiger partial charge in [-0.15, -0.1) is 0 Å². The van der Waals surface area contributed by atoms with Gasteiger partial charge in [0, 0.05) is 5.41 Å². The fraction of sp³-hybridized carbons (Fsp3) is 0.471. The molecule has 3 rings (SSSR count). The fourth-order valence-corrected chi connectivity index (χ4v) is 2.18. The van der Waals surface area contributed by atoms with Gasteiger partial charge in [-0.3, -0.25) is 4.79 Å². The van der Waals surface area contributed by atoms with Crippen LogP contribution in [-0.4, -0.2) is 29.3 Å². The van der Waals surface area contributed by atoms with Crippen LogP contribution in [0.5, 0.6) is 11.5 Å². The molecule has 24 heavy (non-hydrogen) atoms. The predicted molar refractivity (Wildman–Crippen MR) is 83.9 cm³/mol. The second-order valence-corrected chi connectivity index (χ2v) is 6.58. The molecule has 1 aliphatic rings. The number of benzene rings is 1. The molecule has 0 atom stereocenters. The number of aromatic nitrogens is 2. The van der Waals surface area contributed by atoms with Crippen molar-refractivity contribution in [3.8, 4) is 11.5 Å². The summed E-state index contributed by atoms with van der Waals surface area (Å²) in [6.07, 6.45) is 0.136. The van der Waals surface area contributed by atoms with Crippen LogP contribution in [0.1, 0.15) is 38.0 Å². The zero-order chi connectivity index (χ0) is 17.2. The molecule has 0 unspecified atom stereocenters. The van der Waals surface area contributed by atoms with Crippen molar-refractivity contribution in [2.45, 2.75) is 39.2 Å². The number of carbonyl (C=O) groups is 1. The van der Waals surface area contributed by atoms with E-state index >= 15 is 0 Å². The highest BCUT2D eigenvalue weighted by molar-refractivity contribution is 5.73.